The molecule has 0 aliphatic carbocycles. The first-order chi connectivity index (χ1) is 12.4. The molecule has 0 amide bonds. The number of hydrogen-bond donors (Lipinski definition) is 1. The Balaban J connectivity index is 2.12. The van der Waals surface area contributed by atoms with E-state index in [1.165, 1.54) is 12.1 Å². The van der Waals surface area contributed by atoms with Crippen molar-refractivity contribution in [3.05, 3.63) is 64.2 Å². The molecule has 0 aromatic heterocycles. The molecule has 1 saturated heterocycles. The molecule has 2 aromatic carbocycles. The number of nitrogens with zero attached hydrogens (tertiary/aromatic N) is 1. The molecular weight excluding hydrogens is 365 g/mol. The van der Waals surface area contributed by atoms with Crippen molar-refractivity contribution in [2.24, 2.45) is 0 Å². The number of alkyl halides is 3. The molecule has 26 heavy (non-hydrogen) atoms. The summed E-state index contributed by atoms with van der Waals surface area (Å²) in [7, 11) is 1.55. The van der Waals surface area contributed by atoms with Gasteiger partial charge in [-0.3, -0.25) is 4.90 Å². The number of nitrogens with one attached hydrogen (secondary N) is 1. The van der Waals surface area contributed by atoms with Gasteiger partial charge >= 0.3 is 6.18 Å². The van der Waals surface area contributed by atoms with Gasteiger partial charge in [-0.1, -0.05) is 23.7 Å². The molecule has 140 valence electrons. The van der Waals surface area contributed by atoms with Gasteiger partial charge < -0.3 is 10.1 Å². The average Bonchev–Trinajstić information content (AvgIpc) is 2.63. The highest BCUT2D eigenvalue weighted by Crippen LogP contribution is 2.38. The fourth-order valence-corrected chi connectivity index (χ4v) is 3.51. The van der Waals surface area contributed by atoms with Crippen molar-refractivity contribution < 1.29 is 17.9 Å². The van der Waals surface area contributed by atoms with Crippen LogP contribution in [0.3, 0.4) is 0 Å². The van der Waals surface area contributed by atoms with E-state index < -0.39 is 11.7 Å². The highest BCUT2D eigenvalue weighted by atomic mass is 35.5. The molecule has 1 aliphatic rings. The van der Waals surface area contributed by atoms with Crippen molar-refractivity contribution >= 4 is 11.6 Å². The van der Waals surface area contributed by atoms with Crippen LogP contribution >= 0.6 is 11.6 Å². The SMILES string of the molecule is COc1ccc(Cl)cc1C(c1cccc(C(F)(F)F)c1)N1CCNCC1. The Morgan fingerprint density at radius 1 is 1.12 bits per heavy atom. The number of methoxy groups -OCH3 is 1. The third kappa shape index (κ3) is 4.14. The summed E-state index contributed by atoms with van der Waals surface area (Å²) in [6.07, 6.45) is -4.39. The van der Waals surface area contributed by atoms with E-state index in [0.717, 1.165) is 37.8 Å². The van der Waals surface area contributed by atoms with Crippen LogP contribution in [-0.2, 0) is 6.18 Å². The summed E-state index contributed by atoms with van der Waals surface area (Å²) < 4.78 is 45.1. The summed E-state index contributed by atoms with van der Waals surface area (Å²) >= 11 is 6.18. The Kier molecular flexibility index (Phi) is 5.75. The molecule has 2 aromatic rings. The molecular formula is C19H20ClF3N2O. The van der Waals surface area contributed by atoms with Gasteiger partial charge in [-0.2, -0.15) is 13.2 Å². The summed E-state index contributed by atoms with van der Waals surface area (Å²) in [4.78, 5) is 2.15. The maximum Gasteiger partial charge on any atom is 0.416 e. The molecule has 3 nitrogen and oxygen atoms in total. The van der Waals surface area contributed by atoms with Crippen LogP contribution < -0.4 is 10.1 Å². The van der Waals surface area contributed by atoms with Gasteiger partial charge in [-0.05, 0) is 35.9 Å². The first-order valence-electron chi connectivity index (χ1n) is 8.35. The summed E-state index contributed by atoms with van der Waals surface area (Å²) in [5.74, 6) is 0.607. The number of ether oxygens (including phenoxy) is 1. The lowest BCUT2D eigenvalue weighted by molar-refractivity contribution is -0.137. The van der Waals surface area contributed by atoms with Crippen LogP contribution in [0, 0.1) is 0 Å². The third-order valence-electron chi connectivity index (χ3n) is 4.53. The zero-order chi connectivity index (χ0) is 18.7. The summed E-state index contributed by atoms with van der Waals surface area (Å²) in [6.45, 7) is 2.99. The van der Waals surface area contributed by atoms with Gasteiger partial charge in [0.1, 0.15) is 5.75 Å². The molecule has 0 saturated carbocycles. The second kappa shape index (κ2) is 7.86. The predicted octanol–water partition coefficient (Wildman–Crippen LogP) is 4.36. The van der Waals surface area contributed by atoms with Crippen LogP contribution in [0.15, 0.2) is 42.5 Å². The van der Waals surface area contributed by atoms with Crippen LogP contribution in [0.1, 0.15) is 22.7 Å². The lowest BCUT2D eigenvalue weighted by atomic mass is 9.94. The molecule has 1 heterocycles. The fourth-order valence-electron chi connectivity index (χ4n) is 3.33. The molecule has 0 spiro atoms. The molecule has 1 aliphatic heterocycles. The number of benzene rings is 2. The summed E-state index contributed by atoms with van der Waals surface area (Å²) in [5, 5.41) is 3.79. The molecule has 3 rings (SSSR count). The number of hydrogen-bond acceptors (Lipinski definition) is 3. The summed E-state index contributed by atoms with van der Waals surface area (Å²) in [6, 6.07) is 10.3. The van der Waals surface area contributed by atoms with Gasteiger partial charge in [-0.25, -0.2) is 0 Å². The van der Waals surface area contributed by atoms with Gasteiger partial charge in [-0.15, -0.1) is 0 Å². The monoisotopic (exact) mass is 384 g/mol. The van der Waals surface area contributed by atoms with E-state index in [1.54, 1.807) is 31.4 Å². The van der Waals surface area contributed by atoms with Gasteiger partial charge in [0.15, 0.2) is 0 Å². The highest BCUT2D eigenvalue weighted by molar-refractivity contribution is 6.30. The van der Waals surface area contributed by atoms with Gasteiger partial charge in [0, 0.05) is 36.8 Å². The zero-order valence-corrected chi connectivity index (χ0v) is 15.1. The quantitative estimate of drug-likeness (QED) is 0.847. The normalized spacial score (nSPS) is 17.1. The van der Waals surface area contributed by atoms with E-state index in [0.29, 0.717) is 16.3 Å². The topological polar surface area (TPSA) is 24.5 Å². The Labute approximate surface area is 155 Å². The Morgan fingerprint density at radius 3 is 2.50 bits per heavy atom. The number of halogens is 4. The summed E-state index contributed by atoms with van der Waals surface area (Å²) in [5.41, 5.74) is 0.680. The largest absolute Gasteiger partial charge is 0.496 e. The lowest BCUT2D eigenvalue weighted by Gasteiger charge is -2.36. The maximum absolute atomic E-state index is 13.2. The molecule has 1 atom stereocenters. The number of piperazine rings is 1. The minimum atomic E-state index is -4.39. The van der Waals surface area contributed by atoms with Crippen molar-refractivity contribution in [3.63, 3.8) is 0 Å². The minimum absolute atomic E-state index is 0.368. The molecule has 7 heteroatoms. The molecule has 1 unspecified atom stereocenters. The molecule has 0 radical (unpaired) electrons. The fraction of sp³-hybridized carbons (Fsp3) is 0.368. The van der Waals surface area contributed by atoms with Crippen molar-refractivity contribution in [2.75, 3.05) is 33.3 Å². The van der Waals surface area contributed by atoms with Crippen molar-refractivity contribution in [1.82, 2.24) is 10.2 Å². The highest BCUT2D eigenvalue weighted by Gasteiger charge is 2.33. The second-order valence-electron chi connectivity index (χ2n) is 6.20. The van der Waals surface area contributed by atoms with Crippen molar-refractivity contribution in [1.29, 1.82) is 0 Å². The number of rotatable bonds is 4. The van der Waals surface area contributed by atoms with E-state index in [2.05, 4.69) is 10.2 Å². The Hall–Kier alpha value is -1.76. The Bertz CT molecular complexity index is 761. The first kappa shape index (κ1) is 19.0. The third-order valence-corrected chi connectivity index (χ3v) is 4.77. The van der Waals surface area contributed by atoms with Crippen molar-refractivity contribution in [2.45, 2.75) is 12.2 Å². The van der Waals surface area contributed by atoms with Gasteiger partial charge in [0.2, 0.25) is 0 Å². The first-order valence-corrected chi connectivity index (χ1v) is 8.73. The Morgan fingerprint density at radius 2 is 1.85 bits per heavy atom. The van der Waals surface area contributed by atoms with E-state index in [-0.39, 0.29) is 6.04 Å². The molecule has 1 fully saturated rings. The van der Waals surface area contributed by atoms with Crippen LogP contribution in [0.4, 0.5) is 13.2 Å². The smallest absolute Gasteiger partial charge is 0.416 e. The van der Waals surface area contributed by atoms with E-state index >= 15 is 0 Å². The predicted molar refractivity (Wildman–Crippen MR) is 95.7 cm³/mol. The minimum Gasteiger partial charge on any atom is -0.496 e. The maximum atomic E-state index is 13.2. The van der Waals surface area contributed by atoms with Gasteiger partial charge in [0.05, 0.1) is 18.7 Å². The van der Waals surface area contributed by atoms with Crippen molar-refractivity contribution in [3.8, 4) is 5.75 Å². The molecule has 0 bridgehead atoms. The molecule has 1 N–H and O–H groups in total. The standard InChI is InChI=1S/C19H20ClF3N2O/c1-26-17-6-5-15(20)12-16(17)18(25-9-7-24-8-10-25)13-3-2-4-14(11-13)19(21,22)23/h2-6,11-12,18,24H,7-10H2,1H3. The van der Waals surface area contributed by atoms with Gasteiger partial charge in [0.25, 0.3) is 0 Å². The second-order valence-corrected chi connectivity index (χ2v) is 6.63. The lowest BCUT2D eigenvalue weighted by Crippen LogP contribution is -2.45. The van der Waals surface area contributed by atoms with Crippen LogP contribution in [-0.4, -0.2) is 38.2 Å². The van der Waals surface area contributed by atoms with Crippen LogP contribution in [0.5, 0.6) is 5.75 Å². The average molecular weight is 385 g/mol. The van der Waals surface area contributed by atoms with Crippen LogP contribution in [0.2, 0.25) is 5.02 Å². The van der Waals surface area contributed by atoms with E-state index in [9.17, 15) is 13.2 Å². The zero-order valence-electron chi connectivity index (χ0n) is 14.3. The van der Waals surface area contributed by atoms with E-state index in [4.69, 9.17) is 16.3 Å². The van der Waals surface area contributed by atoms with Crippen LogP contribution in [0.25, 0.3) is 0 Å². The van der Waals surface area contributed by atoms with E-state index in [1.807, 2.05) is 0 Å².